The first-order valence-electron chi connectivity index (χ1n) is 5.13. The van der Waals surface area contributed by atoms with Gasteiger partial charge in [0, 0.05) is 18.4 Å². The van der Waals surface area contributed by atoms with Crippen LogP contribution in [0.3, 0.4) is 0 Å². The van der Waals surface area contributed by atoms with Crippen LogP contribution in [0.2, 0.25) is 0 Å². The third-order valence-corrected chi connectivity index (χ3v) is 2.35. The van der Waals surface area contributed by atoms with E-state index in [9.17, 15) is 14.0 Å². The fourth-order valence-corrected chi connectivity index (χ4v) is 1.35. The number of alkyl halides is 1. The monoisotopic (exact) mass is 234 g/mol. The zero-order valence-corrected chi connectivity index (χ0v) is 8.86. The minimum Gasteiger partial charge on any atom is -0.465 e. The molecule has 0 amide bonds. The van der Waals surface area contributed by atoms with Gasteiger partial charge in [0.25, 0.3) is 0 Å². The van der Waals surface area contributed by atoms with Gasteiger partial charge in [-0.25, -0.2) is 0 Å². The molecule has 5 nitrogen and oxygen atoms in total. The lowest BCUT2D eigenvalue weighted by Gasteiger charge is -1.94. The Kier molecular flexibility index (Phi) is 5.18. The van der Waals surface area contributed by atoms with Crippen molar-refractivity contribution < 1.29 is 28.6 Å². The average molecular weight is 234 g/mol. The molecule has 16 heavy (non-hydrogen) atoms. The molecular formula is C10H15FO5. The summed E-state index contributed by atoms with van der Waals surface area (Å²) in [4.78, 5) is 20.5. The Morgan fingerprint density at radius 1 is 1.12 bits per heavy atom. The largest absolute Gasteiger partial charge is 0.465 e. The molecule has 0 aromatic carbocycles. The summed E-state index contributed by atoms with van der Waals surface area (Å²) in [6.07, 6.45) is 0.646. The van der Waals surface area contributed by atoms with Gasteiger partial charge in [-0.2, -0.15) is 0 Å². The molecule has 0 aromatic heterocycles. The van der Waals surface area contributed by atoms with Gasteiger partial charge in [0.15, 0.2) is 0 Å². The van der Waals surface area contributed by atoms with E-state index in [0.29, 0.717) is 13.0 Å². The molecule has 0 saturated carbocycles. The van der Waals surface area contributed by atoms with Crippen LogP contribution in [0, 0.1) is 11.8 Å². The summed E-state index contributed by atoms with van der Waals surface area (Å²) in [5.41, 5.74) is 0. The van der Waals surface area contributed by atoms with Gasteiger partial charge in [-0.3, -0.25) is 14.0 Å². The van der Waals surface area contributed by atoms with E-state index in [4.69, 9.17) is 5.11 Å². The standard InChI is InChI=1S/C5H7FO2.C5H8O3/c2*6-2-4-1-5(7)8-3-4/h4H,1-3H2;4,6H,1-3H2. The third kappa shape index (κ3) is 4.14. The van der Waals surface area contributed by atoms with E-state index in [1.807, 2.05) is 0 Å². The molecule has 0 aromatic rings. The summed E-state index contributed by atoms with van der Waals surface area (Å²) in [6, 6.07) is 0. The van der Waals surface area contributed by atoms with Gasteiger partial charge in [0.05, 0.1) is 32.7 Å². The molecule has 2 aliphatic rings. The summed E-state index contributed by atoms with van der Waals surface area (Å²) in [6.45, 7) is 0.294. The van der Waals surface area contributed by atoms with Gasteiger partial charge in [-0.1, -0.05) is 0 Å². The summed E-state index contributed by atoms with van der Waals surface area (Å²) >= 11 is 0. The molecule has 0 aliphatic carbocycles. The van der Waals surface area contributed by atoms with Gasteiger partial charge in [-0.15, -0.1) is 0 Å². The highest BCUT2D eigenvalue weighted by atomic mass is 19.1. The number of cyclic esters (lactones) is 2. The molecule has 2 heterocycles. The van der Waals surface area contributed by atoms with Crippen LogP contribution in [0.15, 0.2) is 0 Å². The molecule has 0 radical (unpaired) electrons. The smallest absolute Gasteiger partial charge is 0.306 e. The van der Waals surface area contributed by atoms with Crippen molar-refractivity contribution in [3.05, 3.63) is 0 Å². The molecule has 2 saturated heterocycles. The van der Waals surface area contributed by atoms with Crippen molar-refractivity contribution in [1.29, 1.82) is 0 Å². The number of hydrogen-bond donors (Lipinski definition) is 1. The summed E-state index contributed by atoms with van der Waals surface area (Å²) in [5.74, 6) is -0.568. The Morgan fingerprint density at radius 2 is 1.62 bits per heavy atom. The first-order chi connectivity index (χ1) is 7.65. The Balaban J connectivity index is 0.000000160. The van der Waals surface area contributed by atoms with Gasteiger partial charge in [0.2, 0.25) is 0 Å². The van der Waals surface area contributed by atoms with Crippen molar-refractivity contribution in [2.24, 2.45) is 11.8 Å². The maximum Gasteiger partial charge on any atom is 0.306 e. The van der Waals surface area contributed by atoms with Crippen molar-refractivity contribution in [1.82, 2.24) is 0 Å². The molecule has 2 atom stereocenters. The Morgan fingerprint density at radius 3 is 1.81 bits per heavy atom. The predicted molar refractivity (Wildman–Crippen MR) is 51.2 cm³/mol. The van der Waals surface area contributed by atoms with Gasteiger partial charge in [-0.05, 0) is 0 Å². The summed E-state index contributed by atoms with van der Waals surface area (Å²) < 4.78 is 20.7. The molecule has 2 aliphatic heterocycles. The zero-order chi connectivity index (χ0) is 12.0. The van der Waals surface area contributed by atoms with Crippen molar-refractivity contribution in [3.63, 3.8) is 0 Å². The SMILES string of the molecule is O=C1CC(CF)CO1.O=C1CC(CO)CO1. The van der Waals surface area contributed by atoms with Crippen molar-refractivity contribution >= 4 is 11.9 Å². The lowest BCUT2D eigenvalue weighted by atomic mass is 10.1. The Labute approximate surface area is 92.5 Å². The van der Waals surface area contributed by atoms with Crippen LogP contribution in [0.25, 0.3) is 0 Å². The molecule has 2 unspecified atom stereocenters. The molecule has 2 fully saturated rings. The molecule has 2 rings (SSSR count). The van der Waals surface area contributed by atoms with Gasteiger partial charge < -0.3 is 14.6 Å². The van der Waals surface area contributed by atoms with E-state index in [1.54, 1.807) is 0 Å². The lowest BCUT2D eigenvalue weighted by molar-refractivity contribution is -0.138. The maximum absolute atomic E-state index is 11.6. The first-order valence-corrected chi connectivity index (χ1v) is 5.13. The molecule has 1 N–H and O–H groups in total. The molecular weight excluding hydrogens is 219 g/mol. The fourth-order valence-electron chi connectivity index (χ4n) is 1.35. The minimum atomic E-state index is -0.439. The fraction of sp³-hybridized carbons (Fsp3) is 0.800. The van der Waals surface area contributed by atoms with Crippen LogP contribution in [0.1, 0.15) is 12.8 Å². The Hall–Kier alpha value is -1.17. The van der Waals surface area contributed by atoms with Crippen LogP contribution in [-0.4, -0.2) is 43.5 Å². The van der Waals surface area contributed by atoms with Crippen LogP contribution < -0.4 is 0 Å². The molecule has 92 valence electrons. The lowest BCUT2D eigenvalue weighted by Crippen LogP contribution is -2.03. The normalized spacial score (nSPS) is 28.1. The number of halogens is 1. The quantitative estimate of drug-likeness (QED) is 0.684. The van der Waals surface area contributed by atoms with Crippen LogP contribution >= 0.6 is 0 Å². The number of aliphatic hydroxyl groups excluding tert-OH is 1. The first kappa shape index (κ1) is 12.9. The number of ether oxygens (including phenoxy) is 2. The van der Waals surface area contributed by atoms with Gasteiger partial charge in [0.1, 0.15) is 0 Å². The second-order valence-corrected chi connectivity index (χ2v) is 3.84. The van der Waals surface area contributed by atoms with Crippen molar-refractivity contribution in [3.8, 4) is 0 Å². The van der Waals surface area contributed by atoms with Crippen LogP contribution in [0.4, 0.5) is 4.39 Å². The molecule has 0 bridgehead atoms. The predicted octanol–water partition coefficient (Wildman–Crippen LogP) is 0.0608. The van der Waals surface area contributed by atoms with E-state index >= 15 is 0 Å². The number of hydrogen-bond acceptors (Lipinski definition) is 5. The number of carbonyl (C=O) groups is 2. The second kappa shape index (κ2) is 6.42. The average Bonchev–Trinajstić information content (AvgIpc) is 2.88. The van der Waals surface area contributed by atoms with Gasteiger partial charge >= 0.3 is 11.9 Å². The van der Waals surface area contributed by atoms with Crippen LogP contribution in [-0.2, 0) is 19.1 Å². The maximum atomic E-state index is 11.6. The van der Waals surface area contributed by atoms with E-state index in [1.165, 1.54) is 0 Å². The number of aliphatic hydroxyl groups is 1. The zero-order valence-electron chi connectivity index (χ0n) is 8.86. The number of rotatable bonds is 2. The van der Waals surface area contributed by atoms with Crippen molar-refractivity contribution in [2.45, 2.75) is 12.8 Å². The molecule has 6 heteroatoms. The van der Waals surface area contributed by atoms with E-state index in [-0.39, 0.29) is 43.4 Å². The van der Waals surface area contributed by atoms with E-state index in [0.717, 1.165) is 0 Å². The highest BCUT2D eigenvalue weighted by Crippen LogP contribution is 2.13. The van der Waals surface area contributed by atoms with Crippen molar-refractivity contribution in [2.75, 3.05) is 26.5 Å². The highest BCUT2D eigenvalue weighted by molar-refractivity contribution is 5.71. The van der Waals surface area contributed by atoms with E-state index in [2.05, 4.69) is 9.47 Å². The third-order valence-electron chi connectivity index (χ3n) is 2.35. The van der Waals surface area contributed by atoms with E-state index < -0.39 is 6.67 Å². The highest BCUT2D eigenvalue weighted by Gasteiger charge is 2.23. The number of esters is 2. The Bertz CT molecular complexity index is 230. The second-order valence-electron chi connectivity index (χ2n) is 3.84. The summed E-state index contributed by atoms with van der Waals surface area (Å²) in [7, 11) is 0. The topological polar surface area (TPSA) is 72.8 Å². The minimum absolute atomic E-state index is 0.0579. The van der Waals surface area contributed by atoms with Crippen LogP contribution in [0.5, 0.6) is 0 Å². The number of carbonyl (C=O) groups excluding carboxylic acids is 2. The molecule has 0 spiro atoms. The summed E-state index contributed by atoms with van der Waals surface area (Å²) in [5, 5.41) is 8.45.